The number of para-hydroxylation sites is 4. The van der Waals surface area contributed by atoms with E-state index in [4.69, 9.17) is 24.4 Å². The maximum Gasteiger partial charge on any atom is 0.164 e. The fourth-order valence-electron chi connectivity index (χ4n) is 8.61. The topological polar surface area (TPSA) is 69.6 Å². The predicted octanol–water partition coefficient (Wildman–Crippen LogP) is 13.8. The summed E-state index contributed by atoms with van der Waals surface area (Å²) < 4.78 is 8.78. The van der Waals surface area contributed by atoms with E-state index in [2.05, 4.69) is 144 Å². The van der Waals surface area contributed by atoms with Gasteiger partial charge in [0.05, 0.1) is 27.6 Å². The summed E-state index contributed by atoms with van der Waals surface area (Å²) >= 11 is 0. The molecular weight excluding hydrogens is 735 g/mol. The molecule has 60 heavy (non-hydrogen) atoms. The Labute approximate surface area is 344 Å². The van der Waals surface area contributed by atoms with Crippen LogP contribution in [0.15, 0.2) is 205 Å². The van der Waals surface area contributed by atoms with Crippen molar-refractivity contribution in [3.8, 4) is 62.2 Å². The van der Waals surface area contributed by atoms with Crippen molar-refractivity contribution in [1.29, 1.82) is 0 Å². The minimum Gasteiger partial charge on any atom is -0.455 e. The van der Waals surface area contributed by atoms with E-state index in [0.717, 1.165) is 88.6 Å². The zero-order valence-electron chi connectivity index (χ0n) is 32.2. The summed E-state index contributed by atoms with van der Waals surface area (Å²) in [5, 5.41) is 5.53. The van der Waals surface area contributed by atoms with Gasteiger partial charge in [0.25, 0.3) is 0 Å². The second kappa shape index (κ2) is 13.7. The summed E-state index contributed by atoms with van der Waals surface area (Å²) in [5.74, 6) is 1.84. The maximum absolute atomic E-state index is 6.47. The van der Waals surface area contributed by atoms with Crippen LogP contribution in [0.5, 0.6) is 0 Å². The number of nitrogens with zero attached hydrogens (tertiary/aromatic N) is 5. The Hall–Kier alpha value is -8.22. The first-order valence-electron chi connectivity index (χ1n) is 20.1. The summed E-state index contributed by atoms with van der Waals surface area (Å²) in [5.41, 5.74) is 12.8. The molecule has 12 rings (SSSR count). The monoisotopic (exact) mass is 767 g/mol. The van der Waals surface area contributed by atoms with Crippen LogP contribution in [-0.4, -0.2) is 24.5 Å². The molecule has 0 fully saturated rings. The summed E-state index contributed by atoms with van der Waals surface area (Å²) in [7, 11) is 0. The van der Waals surface area contributed by atoms with E-state index >= 15 is 0 Å². The number of rotatable bonds is 6. The molecule has 0 bridgehead atoms. The Kier molecular flexibility index (Phi) is 7.74. The number of pyridine rings is 1. The average molecular weight is 768 g/mol. The van der Waals surface area contributed by atoms with Crippen LogP contribution < -0.4 is 0 Å². The standard InChI is InChI=1S/C54H33N5O/c1-2-14-35(15-3-1)52-56-53(58-54(57-52)39-18-13-19-40(33-39)59-46-25-9-5-20-41(46)42-21-6-10-26-47(42)59)36-30-28-34(29-31-36)37-16-12-17-38(32-37)50-49-44-23-7-11-27-48(44)60-51(49)43-22-4-8-24-45(43)55-50/h1-33H. The van der Waals surface area contributed by atoms with Crippen molar-refractivity contribution in [2.75, 3.05) is 0 Å². The van der Waals surface area contributed by atoms with E-state index in [-0.39, 0.29) is 0 Å². The summed E-state index contributed by atoms with van der Waals surface area (Å²) in [4.78, 5) is 20.4. The first-order valence-corrected chi connectivity index (χ1v) is 20.1. The number of aromatic nitrogens is 5. The Bertz CT molecular complexity index is 3550. The van der Waals surface area contributed by atoms with Crippen molar-refractivity contribution in [2.45, 2.75) is 0 Å². The lowest BCUT2D eigenvalue weighted by atomic mass is 9.97. The lowest BCUT2D eigenvalue weighted by Gasteiger charge is -2.12. The lowest BCUT2D eigenvalue weighted by molar-refractivity contribution is 0.672. The molecule has 0 atom stereocenters. The first kappa shape index (κ1) is 33.9. The fraction of sp³-hybridized carbons (Fsp3) is 0. The molecule has 0 radical (unpaired) electrons. The molecule has 0 N–H and O–H groups in total. The summed E-state index contributed by atoms with van der Waals surface area (Å²) in [6.45, 7) is 0. The van der Waals surface area contributed by atoms with Crippen molar-refractivity contribution < 1.29 is 4.42 Å². The van der Waals surface area contributed by atoms with Crippen molar-refractivity contribution in [3.63, 3.8) is 0 Å². The smallest absolute Gasteiger partial charge is 0.164 e. The molecule has 0 aliphatic rings. The average Bonchev–Trinajstić information content (AvgIpc) is 3.88. The van der Waals surface area contributed by atoms with Gasteiger partial charge >= 0.3 is 0 Å². The van der Waals surface area contributed by atoms with Crippen LogP contribution >= 0.6 is 0 Å². The molecule has 0 aliphatic carbocycles. The molecule has 0 saturated carbocycles. The maximum atomic E-state index is 6.47. The minimum atomic E-state index is 0.607. The minimum absolute atomic E-state index is 0.607. The van der Waals surface area contributed by atoms with E-state index in [1.807, 2.05) is 60.7 Å². The molecule has 0 saturated heterocycles. The fourth-order valence-corrected chi connectivity index (χ4v) is 8.61. The second-order valence-corrected chi connectivity index (χ2v) is 15.0. The van der Waals surface area contributed by atoms with Gasteiger partial charge in [-0.15, -0.1) is 0 Å². The van der Waals surface area contributed by atoms with Gasteiger partial charge in [0.1, 0.15) is 11.2 Å². The van der Waals surface area contributed by atoms with Crippen LogP contribution in [0, 0.1) is 0 Å². The summed E-state index contributed by atoms with van der Waals surface area (Å²) in [6, 6.07) is 69.1. The number of furan rings is 1. The van der Waals surface area contributed by atoms with Gasteiger partial charge in [-0.25, -0.2) is 19.9 Å². The van der Waals surface area contributed by atoms with Gasteiger partial charge in [0.15, 0.2) is 17.5 Å². The zero-order valence-corrected chi connectivity index (χ0v) is 32.2. The third kappa shape index (κ3) is 5.57. The van der Waals surface area contributed by atoms with Crippen LogP contribution in [0.2, 0.25) is 0 Å². The highest BCUT2D eigenvalue weighted by atomic mass is 16.3. The van der Waals surface area contributed by atoms with Gasteiger partial charge < -0.3 is 8.98 Å². The Morgan fingerprint density at radius 1 is 0.350 bits per heavy atom. The molecule has 280 valence electrons. The molecule has 0 amide bonds. The summed E-state index contributed by atoms with van der Waals surface area (Å²) in [6.07, 6.45) is 0. The molecule has 0 aliphatic heterocycles. The molecule has 6 nitrogen and oxygen atoms in total. The molecule has 4 aromatic heterocycles. The van der Waals surface area contributed by atoms with Gasteiger partial charge in [-0.05, 0) is 59.7 Å². The van der Waals surface area contributed by atoms with Crippen LogP contribution in [0.4, 0.5) is 0 Å². The molecular formula is C54H33N5O. The molecule has 12 aromatic rings. The van der Waals surface area contributed by atoms with Crippen molar-refractivity contribution in [1.82, 2.24) is 24.5 Å². The van der Waals surface area contributed by atoms with Crippen LogP contribution in [0.25, 0.3) is 117 Å². The third-order valence-electron chi connectivity index (χ3n) is 11.4. The van der Waals surface area contributed by atoms with E-state index in [1.165, 1.54) is 10.8 Å². The molecule has 0 spiro atoms. The molecule has 6 heteroatoms. The van der Waals surface area contributed by atoms with E-state index in [1.54, 1.807) is 0 Å². The third-order valence-corrected chi connectivity index (χ3v) is 11.4. The van der Waals surface area contributed by atoms with E-state index < -0.39 is 0 Å². The Morgan fingerprint density at radius 2 is 0.883 bits per heavy atom. The second-order valence-electron chi connectivity index (χ2n) is 15.0. The number of hydrogen-bond donors (Lipinski definition) is 0. The Balaban J connectivity index is 0.946. The first-order chi connectivity index (χ1) is 29.7. The zero-order chi connectivity index (χ0) is 39.6. The van der Waals surface area contributed by atoms with Gasteiger partial charge in [-0.1, -0.05) is 152 Å². The van der Waals surface area contributed by atoms with Gasteiger partial charge in [0.2, 0.25) is 0 Å². The molecule has 8 aromatic carbocycles. The highest BCUT2D eigenvalue weighted by Gasteiger charge is 2.19. The lowest BCUT2D eigenvalue weighted by Crippen LogP contribution is -2.01. The Morgan fingerprint density at radius 3 is 1.63 bits per heavy atom. The molecule has 0 unspecified atom stereocenters. The van der Waals surface area contributed by atoms with Gasteiger partial charge in [-0.3, -0.25) is 0 Å². The van der Waals surface area contributed by atoms with Crippen LogP contribution in [0.3, 0.4) is 0 Å². The van der Waals surface area contributed by atoms with Crippen molar-refractivity contribution in [2.24, 2.45) is 0 Å². The van der Waals surface area contributed by atoms with Crippen LogP contribution in [-0.2, 0) is 0 Å². The predicted molar refractivity (Wildman–Crippen MR) is 244 cm³/mol. The number of fused-ring (bicyclic) bond motifs is 8. The molecule has 4 heterocycles. The highest BCUT2D eigenvalue weighted by molar-refractivity contribution is 6.19. The largest absolute Gasteiger partial charge is 0.455 e. The quantitative estimate of drug-likeness (QED) is 0.168. The normalized spacial score (nSPS) is 11.7. The van der Waals surface area contributed by atoms with Gasteiger partial charge in [-0.2, -0.15) is 0 Å². The van der Waals surface area contributed by atoms with Crippen molar-refractivity contribution >= 4 is 54.6 Å². The van der Waals surface area contributed by atoms with Gasteiger partial charge in [0, 0.05) is 49.5 Å². The van der Waals surface area contributed by atoms with E-state index in [0.29, 0.717) is 17.5 Å². The number of hydrogen-bond acceptors (Lipinski definition) is 5. The van der Waals surface area contributed by atoms with Crippen molar-refractivity contribution in [3.05, 3.63) is 200 Å². The SMILES string of the molecule is c1ccc(-c2nc(-c3ccc(-c4cccc(-c5nc6ccccc6c6oc7ccccc7c56)c4)cc3)nc(-c3cccc(-n4c5ccccc5c5ccccc54)c3)n2)cc1. The highest BCUT2D eigenvalue weighted by Crippen LogP contribution is 2.40. The van der Waals surface area contributed by atoms with Crippen LogP contribution in [0.1, 0.15) is 0 Å². The number of benzene rings is 8. The van der Waals surface area contributed by atoms with E-state index in [9.17, 15) is 0 Å².